The Hall–Kier alpha value is -0.410. The molecule has 0 amide bonds. The third-order valence-electron chi connectivity index (χ3n) is 5.32. The molecule has 3 unspecified atom stereocenters. The van der Waals surface area contributed by atoms with E-state index in [0.717, 1.165) is 32.2 Å². The molecule has 2 aliphatic rings. The number of carbonyl (C=O) groups is 1. The molecule has 0 aromatic rings. The zero-order valence-electron chi connectivity index (χ0n) is 13.8. The van der Waals surface area contributed by atoms with Crippen molar-refractivity contribution in [2.24, 2.45) is 5.92 Å². The van der Waals surface area contributed by atoms with Crippen LogP contribution in [0, 0.1) is 5.92 Å². The molecule has 0 spiro atoms. The molecule has 1 aliphatic heterocycles. The van der Waals surface area contributed by atoms with Gasteiger partial charge in [0.1, 0.15) is 0 Å². The standard InChI is InChI=1S/C18H34N2O/c1-19-14-8-7-11-17-18(21)15-9-5-3-2-4-6-10-16(20-17)13-12-15/h15-17,19-20H,2-14H2,1H3. The average molecular weight is 294 g/mol. The van der Waals surface area contributed by atoms with Crippen molar-refractivity contribution < 1.29 is 4.79 Å². The van der Waals surface area contributed by atoms with E-state index in [1.165, 1.54) is 51.4 Å². The Labute approximate surface area is 130 Å². The number of unbranched alkanes of at least 4 members (excludes halogenated alkanes) is 1. The van der Waals surface area contributed by atoms with Crippen LogP contribution in [0.5, 0.6) is 0 Å². The number of Topliss-reactive ketones (excluding diaryl/α,β-unsaturated/α-hetero) is 1. The quantitative estimate of drug-likeness (QED) is 0.763. The van der Waals surface area contributed by atoms with Gasteiger partial charge in [0.25, 0.3) is 0 Å². The van der Waals surface area contributed by atoms with Crippen molar-refractivity contribution in [3.05, 3.63) is 0 Å². The lowest BCUT2D eigenvalue weighted by molar-refractivity contribution is -0.125. The summed E-state index contributed by atoms with van der Waals surface area (Å²) in [7, 11) is 2.00. The number of fused-ring (bicyclic) bond motifs is 3. The molecule has 1 heterocycles. The van der Waals surface area contributed by atoms with Crippen molar-refractivity contribution in [1.82, 2.24) is 10.6 Å². The Morgan fingerprint density at radius 2 is 1.76 bits per heavy atom. The molecule has 0 aromatic carbocycles. The Morgan fingerprint density at radius 3 is 2.57 bits per heavy atom. The summed E-state index contributed by atoms with van der Waals surface area (Å²) in [4.78, 5) is 12.8. The number of hydrogen-bond acceptors (Lipinski definition) is 3. The summed E-state index contributed by atoms with van der Waals surface area (Å²) in [5.74, 6) is 0.873. The SMILES string of the molecule is CNCCCCC1NC2CCCCCCCC(CC2)C1=O. The van der Waals surface area contributed by atoms with E-state index in [2.05, 4.69) is 10.6 Å². The molecule has 3 heteroatoms. The topological polar surface area (TPSA) is 41.1 Å². The highest BCUT2D eigenvalue weighted by Gasteiger charge is 2.32. The maximum absolute atomic E-state index is 12.8. The molecule has 21 heavy (non-hydrogen) atoms. The summed E-state index contributed by atoms with van der Waals surface area (Å²) in [6.07, 6.45) is 14.8. The van der Waals surface area contributed by atoms with Crippen LogP contribution in [0.1, 0.15) is 77.0 Å². The average Bonchev–Trinajstić information content (AvgIpc) is 2.66. The molecule has 2 N–H and O–H groups in total. The van der Waals surface area contributed by atoms with Crippen molar-refractivity contribution in [2.75, 3.05) is 13.6 Å². The van der Waals surface area contributed by atoms with Crippen molar-refractivity contribution in [3.63, 3.8) is 0 Å². The molecule has 2 bridgehead atoms. The zero-order chi connectivity index (χ0) is 14.9. The van der Waals surface area contributed by atoms with E-state index in [1.807, 2.05) is 7.05 Å². The highest BCUT2D eigenvalue weighted by atomic mass is 16.1. The Balaban J connectivity index is 1.93. The lowest BCUT2D eigenvalue weighted by atomic mass is 9.88. The predicted molar refractivity (Wildman–Crippen MR) is 88.5 cm³/mol. The summed E-state index contributed by atoms with van der Waals surface area (Å²) in [6.45, 7) is 1.06. The van der Waals surface area contributed by atoms with Crippen LogP contribution in [0.4, 0.5) is 0 Å². The van der Waals surface area contributed by atoms with E-state index in [9.17, 15) is 4.79 Å². The molecular weight excluding hydrogens is 260 g/mol. The van der Waals surface area contributed by atoms with Crippen LogP contribution < -0.4 is 10.6 Å². The minimum atomic E-state index is 0.138. The Bertz CT molecular complexity index is 306. The molecule has 3 atom stereocenters. The van der Waals surface area contributed by atoms with Crippen LogP contribution >= 0.6 is 0 Å². The second-order valence-electron chi connectivity index (χ2n) is 7.04. The second kappa shape index (κ2) is 9.58. The van der Waals surface area contributed by atoms with Crippen LogP contribution in [0.15, 0.2) is 0 Å². The van der Waals surface area contributed by atoms with Gasteiger partial charge in [0.05, 0.1) is 6.04 Å². The van der Waals surface area contributed by atoms with Crippen LogP contribution in [-0.2, 0) is 4.79 Å². The summed E-state index contributed by atoms with van der Waals surface area (Å²) < 4.78 is 0. The van der Waals surface area contributed by atoms with Gasteiger partial charge in [0.15, 0.2) is 5.78 Å². The van der Waals surface area contributed by atoms with Crippen LogP contribution in [0.25, 0.3) is 0 Å². The number of ketones is 1. The van der Waals surface area contributed by atoms with Gasteiger partial charge in [-0.3, -0.25) is 4.79 Å². The number of rotatable bonds is 5. The number of carbonyl (C=O) groups excluding carboxylic acids is 1. The first-order chi connectivity index (χ1) is 10.3. The Morgan fingerprint density at radius 1 is 1.00 bits per heavy atom. The fraction of sp³-hybridized carbons (Fsp3) is 0.944. The highest BCUT2D eigenvalue weighted by Crippen LogP contribution is 2.27. The van der Waals surface area contributed by atoms with E-state index < -0.39 is 0 Å². The lowest BCUT2D eigenvalue weighted by Gasteiger charge is -2.23. The molecule has 1 aliphatic carbocycles. The van der Waals surface area contributed by atoms with E-state index in [0.29, 0.717) is 17.7 Å². The van der Waals surface area contributed by atoms with Crippen molar-refractivity contribution in [2.45, 2.75) is 89.1 Å². The summed E-state index contributed by atoms with van der Waals surface area (Å²) in [5.41, 5.74) is 0. The maximum atomic E-state index is 12.8. The minimum Gasteiger partial charge on any atom is -0.320 e. The van der Waals surface area contributed by atoms with Crippen molar-refractivity contribution in [3.8, 4) is 0 Å². The second-order valence-corrected chi connectivity index (χ2v) is 7.04. The third-order valence-corrected chi connectivity index (χ3v) is 5.32. The van der Waals surface area contributed by atoms with Crippen LogP contribution in [-0.4, -0.2) is 31.5 Å². The number of hydrogen-bond donors (Lipinski definition) is 2. The van der Waals surface area contributed by atoms with Crippen molar-refractivity contribution >= 4 is 5.78 Å². The van der Waals surface area contributed by atoms with E-state index in [4.69, 9.17) is 0 Å². The van der Waals surface area contributed by atoms with Gasteiger partial charge in [-0.05, 0) is 52.1 Å². The highest BCUT2D eigenvalue weighted by molar-refractivity contribution is 5.86. The molecule has 3 nitrogen and oxygen atoms in total. The van der Waals surface area contributed by atoms with Gasteiger partial charge in [0.2, 0.25) is 0 Å². The van der Waals surface area contributed by atoms with Gasteiger partial charge in [-0.15, -0.1) is 0 Å². The lowest BCUT2D eigenvalue weighted by Crippen LogP contribution is -2.42. The maximum Gasteiger partial charge on any atom is 0.152 e. The zero-order valence-corrected chi connectivity index (χ0v) is 13.8. The van der Waals surface area contributed by atoms with Gasteiger partial charge in [0, 0.05) is 12.0 Å². The molecule has 0 radical (unpaired) electrons. The molecule has 2 fully saturated rings. The Kier molecular flexibility index (Phi) is 7.73. The first-order valence-electron chi connectivity index (χ1n) is 9.25. The van der Waals surface area contributed by atoms with Gasteiger partial charge >= 0.3 is 0 Å². The van der Waals surface area contributed by atoms with E-state index in [1.54, 1.807) is 0 Å². The van der Waals surface area contributed by atoms with Gasteiger partial charge in [-0.25, -0.2) is 0 Å². The molecule has 1 saturated heterocycles. The van der Waals surface area contributed by atoms with Crippen molar-refractivity contribution in [1.29, 1.82) is 0 Å². The molecule has 2 rings (SSSR count). The fourth-order valence-electron chi connectivity index (χ4n) is 3.98. The normalized spacial score (nSPS) is 31.7. The van der Waals surface area contributed by atoms with Crippen LogP contribution in [0.3, 0.4) is 0 Å². The smallest absolute Gasteiger partial charge is 0.152 e. The molecular formula is C18H34N2O. The van der Waals surface area contributed by atoms with Gasteiger partial charge < -0.3 is 10.6 Å². The minimum absolute atomic E-state index is 0.138. The van der Waals surface area contributed by atoms with Gasteiger partial charge in [-0.1, -0.05) is 38.5 Å². The monoisotopic (exact) mass is 294 g/mol. The molecule has 1 saturated carbocycles. The first-order valence-corrected chi connectivity index (χ1v) is 9.25. The summed E-state index contributed by atoms with van der Waals surface area (Å²) in [6, 6.07) is 0.727. The predicted octanol–water partition coefficient (Wildman–Crippen LogP) is 3.43. The largest absolute Gasteiger partial charge is 0.320 e. The summed E-state index contributed by atoms with van der Waals surface area (Å²) in [5, 5.41) is 6.92. The molecule has 0 aromatic heterocycles. The third kappa shape index (κ3) is 5.71. The molecule has 122 valence electrons. The fourth-order valence-corrected chi connectivity index (χ4v) is 3.98. The summed E-state index contributed by atoms with van der Waals surface area (Å²) >= 11 is 0. The first kappa shape index (κ1) is 17.0. The van der Waals surface area contributed by atoms with E-state index >= 15 is 0 Å². The van der Waals surface area contributed by atoms with E-state index in [-0.39, 0.29) is 6.04 Å². The number of nitrogens with one attached hydrogen (secondary N) is 2. The van der Waals surface area contributed by atoms with Crippen LogP contribution in [0.2, 0.25) is 0 Å². The van der Waals surface area contributed by atoms with Gasteiger partial charge in [-0.2, -0.15) is 0 Å².